The molecule has 1 aromatic heterocycles. The minimum absolute atomic E-state index is 0.0775. The summed E-state index contributed by atoms with van der Waals surface area (Å²) >= 11 is 0. The predicted molar refractivity (Wildman–Crippen MR) is 70.8 cm³/mol. The number of hydrogen-bond donors (Lipinski definition) is 0. The third kappa shape index (κ3) is 2.64. The summed E-state index contributed by atoms with van der Waals surface area (Å²) in [7, 11) is 1.36. The second-order valence-corrected chi connectivity index (χ2v) is 4.77. The number of carbonyl (C=O) groups is 2. The highest BCUT2D eigenvalue weighted by Gasteiger charge is 2.35. The van der Waals surface area contributed by atoms with E-state index in [0.29, 0.717) is 18.7 Å². The van der Waals surface area contributed by atoms with Crippen LogP contribution in [0, 0.1) is 0 Å². The summed E-state index contributed by atoms with van der Waals surface area (Å²) in [6, 6.07) is 3.25. The molecule has 1 aromatic rings. The highest BCUT2D eigenvalue weighted by Crippen LogP contribution is 2.21. The zero-order valence-corrected chi connectivity index (χ0v) is 11.5. The second-order valence-electron chi connectivity index (χ2n) is 4.77. The monoisotopic (exact) mass is 264 g/mol. The molecule has 1 aliphatic heterocycles. The molecule has 0 spiro atoms. The van der Waals surface area contributed by atoms with Gasteiger partial charge in [0.25, 0.3) is 5.91 Å². The number of nitrogens with zero attached hydrogens (tertiary/aromatic N) is 2. The number of rotatable bonds is 4. The number of hydrogen-bond acceptors (Lipinski definition) is 3. The van der Waals surface area contributed by atoms with Crippen LogP contribution in [0.4, 0.5) is 0 Å². The van der Waals surface area contributed by atoms with Crippen LogP contribution < -0.4 is 0 Å². The fourth-order valence-corrected chi connectivity index (χ4v) is 2.58. The molecule has 2 heterocycles. The standard InChI is InChI=1S/C14H20N2O3/c1-3-8-15-9-4-6-11(15)13(17)16-10-5-7-12(16)14(18)19-2/h4,6,9,12H,3,5,7-8,10H2,1-2H3. The number of aromatic nitrogens is 1. The number of aryl methyl sites for hydroxylation is 1. The lowest BCUT2D eigenvalue weighted by Crippen LogP contribution is -2.41. The summed E-state index contributed by atoms with van der Waals surface area (Å²) in [6.45, 7) is 3.50. The number of ether oxygens (including phenoxy) is 1. The fourth-order valence-electron chi connectivity index (χ4n) is 2.58. The number of esters is 1. The molecule has 1 fully saturated rings. The Hall–Kier alpha value is -1.78. The van der Waals surface area contributed by atoms with Gasteiger partial charge in [0.15, 0.2) is 0 Å². The number of likely N-dealkylation sites (tertiary alicyclic amines) is 1. The molecule has 0 N–H and O–H groups in total. The molecule has 0 aliphatic carbocycles. The van der Waals surface area contributed by atoms with Crippen molar-refractivity contribution in [2.75, 3.05) is 13.7 Å². The van der Waals surface area contributed by atoms with Crippen LogP contribution in [-0.2, 0) is 16.1 Å². The first kappa shape index (κ1) is 13.6. The Labute approximate surface area is 113 Å². The van der Waals surface area contributed by atoms with E-state index in [1.54, 1.807) is 4.90 Å². The van der Waals surface area contributed by atoms with Crippen LogP contribution in [0.25, 0.3) is 0 Å². The molecule has 5 heteroatoms. The highest BCUT2D eigenvalue weighted by molar-refractivity contribution is 5.96. The maximum atomic E-state index is 12.5. The first-order chi connectivity index (χ1) is 9.19. The Morgan fingerprint density at radius 2 is 2.26 bits per heavy atom. The number of carbonyl (C=O) groups excluding carboxylic acids is 2. The van der Waals surface area contributed by atoms with Crippen LogP contribution in [0.5, 0.6) is 0 Å². The largest absolute Gasteiger partial charge is 0.467 e. The average molecular weight is 264 g/mol. The maximum absolute atomic E-state index is 12.5. The molecule has 1 unspecified atom stereocenters. The van der Waals surface area contributed by atoms with Crippen molar-refractivity contribution in [3.63, 3.8) is 0 Å². The van der Waals surface area contributed by atoms with Crippen molar-refractivity contribution in [1.29, 1.82) is 0 Å². The van der Waals surface area contributed by atoms with Gasteiger partial charge in [0.1, 0.15) is 11.7 Å². The van der Waals surface area contributed by atoms with E-state index >= 15 is 0 Å². The summed E-state index contributed by atoms with van der Waals surface area (Å²) in [5.74, 6) is -0.397. The molecule has 5 nitrogen and oxygen atoms in total. The summed E-state index contributed by atoms with van der Waals surface area (Å²) in [5.41, 5.74) is 0.651. The molecule has 1 amide bonds. The molecule has 19 heavy (non-hydrogen) atoms. The molecule has 1 aliphatic rings. The molecule has 104 valence electrons. The zero-order valence-electron chi connectivity index (χ0n) is 11.5. The smallest absolute Gasteiger partial charge is 0.328 e. The van der Waals surface area contributed by atoms with E-state index < -0.39 is 6.04 Å². The van der Waals surface area contributed by atoms with Gasteiger partial charge in [-0.1, -0.05) is 6.92 Å². The third-order valence-corrected chi connectivity index (χ3v) is 3.50. The fraction of sp³-hybridized carbons (Fsp3) is 0.571. The summed E-state index contributed by atoms with van der Waals surface area (Å²) in [4.78, 5) is 25.9. The molecular formula is C14H20N2O3. The average Bonchev–Trinajstić information content (AvgIpc) is 3.06. The van der Waals surface area contributed by atoms with Gasteiger partial charge in [0.05, 0.1) is 7.11 Å². The van der Waals surface area contributed by atoms with E-state index in [9.17, 15) is 9.59 Å². The highest BCUT2D eigenvalue weighted by atomic mass is 16.5. The molecule has 0 aromatic carbocycles. The normalized spacial score (nSPS) is 18.6. The van der Waals surface area contributed by atoms with Crippen LogP contribution >= 0.6 is 0 Å². The topological polar surface area (TPSA) is 51.5 Å². The molecule has 0 radical (unpaired) electrons. The van der Waals surface area contributed by atoms with Crippen molar-refractivity contribution >= 4 is 11.9 Å². The minimum atomic E-state index is -0.428. The lowest BCUT2D eigenvalue weighted by atomic mass is 10.2. The van der Waals surface area contributed by atoms with E-state index in [2.05, 4.69) is 6.92 Å². The predicted octanol–water partition coefficient (Wildman–Crippen LogP) is 1.68. The van der Waals surface area contributed by atoms with Crippen molar-refractivity contribution in [2.45, 2.75) is 38.8 Å². The van der Waals surface area contributed by atoms with E-state index in [0.717, 1.165) is 19.4 Å². The van der Waals surface area contributed by atoms with Crippen molar-refractivity contribution in [3.05, 3.63) is 24.0 Å². The van der Waals surface area contributed by atoms with Gasteiger partial charge in [-0.15, -0.1) is 0 Å². The molecular weight excluding hydrogens is 244 g/mol. The van der Waals surface area contributed by atoms with Gasteiger partial charge in [0, 0.05) is 19.3 Å². The van der Waals surface area contributed by atoms with Crippen LogP contribution in [0.2, 0.25) is 0 Å². The van der Waals surface area contributed by atoms with Gasteiger partial charge >= 0.3 is 5.97 Å². The van der Waals surface area contributed by atoms with Crippen LogP contribution in [0.3, 0.4) is 0 Å². The Morgan fingerprint density at radius 1 is 1.47 bits per heavy atom. The third-order valence-electron chi connectivity index (χ3n) is 3.50. The van der Waals surface area contributed by atoms with Crippen LogP contribution in [0.15, 0.2) is 18.3 Å². The molecule has 2 rings (SSSR count). The Balaban J connectivity index is 2.18. The van der Waals surface area contributed by atoms with E-state index in [-0.39, 0.29) is 11.9 Å². The lowest BCUT2D eigenvalue weighted by molar-refractivity contribution is -0.145. The SMILES string of the molecule is CCCn1cccc1C(=O)N1CCCC1C(=O)OC. The number of amides is 1. The van der Waals surface area contributed by atoms with Gasteiger partial charge in [-0.25, -0.2) is 4.79 Å². The summed E-state index contributed by atoms with van der Waals surface area (Å²) in [6.07, 6.45) is 4.40. The van der Waals surface area contributed by atoms with E-state index in [1.807, 2.05) is 22.9 Å². The second kappa shape index (κ2) is 5.91. The first-order valence-corrected chi connectivity index (χ1v) is 6.73. The van der Waals surface area contributed by atoms with Crippen LogP contribution in [-0.4, -0.2) is 41.0 Å². The van der Waals surface area contributed by atoms with E-state index in [4.69, 9.17) is 4.74 Å². The molecule has 1 atom stereocenters. The number of methoxy groups -OCH3 is 1. The van der Waals surface area contributed by atoms with Crippen LogP contribution in [0.1, 0.15) is 36.7 Å². The maximum Gasteiger partial charge on any atom is 0.328 e. The first-order valence-electron chi connectivity index (χ1n) is 6.73. The van der Waals surface area contributed by atoms with Gasteiger partial charge in [0.2, 0.25) is 0 Å². The molecule has 0 bridgehead atoms. The van der Waals surface area contributed by atoms with Crippen molar-refractivity contribution < 1.29 is 14.3 Å². The lowest BCUT2D eigenvalue weighted by Gasteiger charge is -2.23. The Morgan fingerprint density at radius 3 is 2.95 bits per heavy atom. The summed E-state index contributed by atoms with van der Waals surface area (Å²) in [5, 5.41) is 0. The van der Waals surface area contributed by atoms with Gasteiger partial charge < -0.3 is 14.2 Å². The zero-order chi connectivity index (χ0) is 13.8. The Bertz CT molecular complexity index is 467. The van der Waals surface area contributed by atoms with Crippen molar-refractivity contribution in [1.82, 2.24) is 9.47 Å². The Kier molecular flexibility index (Phi) is 4.24. The van der Waals surface area contributed by atoms with Gasteiger partial charge in [-0.3, -0.25) is 4.79 Å². The van der Waals surface area contributed by atoms with Gasteiger partial charge in [-0.05, 0) is 31.4 Å². The van der Waals surface area contributed by atoms with Gasteiger partial charge in [-0.2, -0.15) is 0 Å². The molecule has 1 saturated heterocycles. The van der Waals surface area contributed by atoms with E-state index in [1.165, 1.54) is 7.11 Å². The van der Waals surface area contributed by atoms with Crippen molar-refractivity contribution in [3.8, 4) is 0 Å². The molecule has 0 saturated carbocycles. The summed E-state index contributed by atoms with van der Waals surface area (Å²) < 4.78 is 6.71. The minimum Gasteiger partial charge on any atom is -0.467 e. The van der Waals surface area contributed by atoms with Crippen molar-refractivity contribution in [2.24, 2.45) is 0 Å². The quantitative estimate of drug-likeness (QED) is 0.777.